The van der Waals surface area contributed by atoms with E-state index in [0.29, 0.717) is 17.5 Å². The molecular weight excluding hydrogens is 294 g/mol. The Morgan fingerprint density at radius 2 is 1.95 bits per heavy atom. The van der Waals surface area contributed by atoms with E-state index in [2.05, 4.69) is 10.1 Å². The zero-order chi connectivity index (χ0) is 14.0. The van der Waals surface area contributed by atoms with Crippen LogP contribution in [0, 0.1) is 0 Å². The number of aromatic nitrogens is 2. The normalized spacial score (nSPS) is 17.5. The minimum atomic E-state index is -0.407. The molecule has 1 heterocycles. The second-order valence-corrected chi connectivity index (χ2v) is 6.61. The Morgan fingerprint density at radius 1 is 1.25 bits per heavy atom. The lowest BCUT2D eigenvalue weighted by molar-refractivity contribution is 0.284. The molecular formula is C14H16ClN3OS. The van der Waals surface area contributed by atoms with Crippen molar-refractivity contribution in [1.82, 2.24) is 10.1 Å². The van der Waals surface area contributed by atoms with Crippen LogP contribution in [0.15, 0.2) is 33.7 Å². The molecule has 1 aromatic carbocycles. The standard InChI is InChI=1S/C14H16ClN3OS/c15-10-3-5-11(6-4-10)20-9-12-17-13(19-18-12)14(16)7-1-2-8-14/h3-6H,1-2,7-9,16H2. The van der Waals surface area contributed by atoms with Crippen molar-refractivity contribution in [2.75, 3.05) is 0 Å². The van der Waals surface area contributed by atoms with Gasteiger partial charge in [-0.1, -0.05) is 29.6 Å². The lowest BCUT2D eigenvalue weighted by atomic mass is 10.00. The van der Waals surface area contributed by atoms with Crippen LogP contribution in [-0.2, 0) is 11.3 Å². The fourth-order valence-electron chi connectivity index (χ4n) is 2.41. The maximum Gasteiger partial charge on any atom is 0.246 e. The molecule has 3 rings (SSSR count). The Bertz CT molecular complexity index is 578. The fraction of sp³-hybridized carbons (Fsp3) is 0.429. The number of hydrogen-bond acceptors (Lipinski definition) is 5. The van der Waals surface area contributed by atoms with Crippen LogP contribution >= 0.6 is 23.4 Å². The van der Waals surface area contributed by atoms with Gasteiger partial charge in [0.15, 0.2) is 5.82 Å². The summed E-state index contributed by atoms with van der Waals surface area (Å²) in [6, 6.07) is 7.71. The van der Waals surface area contributed by atoms with Gasteiger partial charge in [-0.05, 0) is 37.1 Å². The van der Waals surface area contributed by atoms with E-state index < -0.39 is 5.54 Å². The molecule has 1 aliphatic carbocycles. The maximum atomic E-state index is 6.30. The summed E-state index contributed by atoms with van der Waals surface area (Å²) in [5.74, 6) is 1.94. The van der Waals surface area contributed by atoms with Gasteiger partial charge < -0.3 is 10.3 Å². The van der Waals surface area contributed by atoms with Crippen LogP contribution < -0.4 is 5.73 Å². The Kier molecular flexibility index (Phi) is 4.01. The molecule has 6 heteroatoms. The van der Waals surface area contributed by atoms with Gasteiger partial charge in [-0.2, -0.15) is 4.98 Å². The van der Waals surface area contributed by atoms with Crippen LogP contribution in [0.3, 0.4) is 0 Å². The fourth-order valence-corrected chi connectivity index (χ4v) is 3.28. The number of halogens is 1. The lowest BCUT2D eigenvalue weighted by Gasteiger charge is -2.17. The van der Waals surface area contributed by atoms with E-state index in [9.17, 15) is 0 Å². The van der Waals surface area contributed by atoms with Crippen LogP contribution in [0.2, 0.25) is 5.02 Å². The minimum Gasteiger partial charge on any atom is -0.337 e. The molecule has 1 fully saturated rings. The van der Waals surface area contributed by atoms with E-state index in [4.69, 9.17) is 21.9 Å². The molecule has 20 heavy (non-hydrogen) atoms. The van der Waals surface area contributed by atoms with E-state index in [1.807, 2.05) is 24.3 Å². The van der Waals surface area contributed by atoms with Gasteiger partial charge in [0.2, 0.25) is 5.89 Å². The third kappa shape index (κ3) is 3.00. The number of rotatable bonds is 4. The molecule has 0 saturated heterocycles. The average molecular weight is 310 g/mol. The molecule has 0 aliphatic heterocycles. The van der Waals surface area contributed by atoms with Crippen molar-refractivity contribution >= 4 is 23.4 Å². The topological polar surface area (TPSA) is 64.9 Å². The molecule has 0 atom stereocenters. The third-order valence-corrected chi connectivity index (χ3v) is 4.83. The van der Waals surface area contributed by atoms with Crippen LogP contribution in [0.25, 0.3) is 0 Å². The summed E-state index contributed by atoms with van der Waals surface area (Å²) in [4.78, 5) is 5.58. The highest BCUT2D eigenvalue weighted by molar-refractivity contribution is 7.98. The largest absolute Gasteiger partial charge is 0.337 e. The molecule has 1 aromatic heterocycles. The zero-order valence-corrected chi connectivity index (χ0v) is 12.6. The van der Waals surface area contributed by atoms with E-state index in [1.54, 1.807) is 11.8 Å². The summed E-state index contributed by atoms with van der Waals surface area (Å²) >= 11 is 7.51. The van der Waals surface area contributed by atoms with Gasteiger partial charge >= 0.3 is 0 Å². The van der Waals surface area contributed by atoms with E-state index in [0.717, 1.165) is 35.6 Å². The van der Waals surface area contributed by atoms with Crippen LogP contribution in [-0.4, -0.2) is 10.1 Å². The zero-order valence-electron chi connectivity index (χ0n) is 11.0. The maximum absolute atomic E-state index is 6.30. The highest BCUT2D eigenvalue weighted by atomic mass is 35.5. The Hall–Kier alpha value is -1.04. The number of nitrogens with zero attached hydrogens (tertiary/aromatic N) is 2. The summed E-state index contributed by atoms with van der Waals surface area (Å²) < 4.78 is 5.34. The summed E-state index contributed by atoms with van der Waals surface area (Å²) in [6.45, 7) is 0. The Morgan fingerprint density at radius 3 is 2.65 bits per heavy atom. The van der Waals surface area contributed by atoms with Gasteiger partial charge in [0.25, 0.3) is 0 Å². The summed E-state index contributed by atoms with van der Waals surface area (Å²) in [7, 11) is 0. The first-order chi connectivity index (χ1) is 9.66. The Balaban J connectivity index is 1.64. The van der Waals surface area contributed by atoms with Crippen molar-refractivity contribution in [3.63, 3.8) is 0 Å². The molecule has 1 saturated carbocycles. The summed E-state index contributed by atoms with van der Waals surface area (Å²) in [6.07, 6.45) is 4.12. The quantitative estimate of drug-likeness (QED) is 0.871. The van der Waals surface area contributed by atoms with Crippen molar-refractivity contribution in [3.8, 4) is 0 Å². The molecule has 4 nitrogen and oxygen atoms in total. The van der Waals surface area contributed by atoms with Gasteiger partial charge in [-0.3, -0.25) is 0 Å². The molecule has 0 unspecified atom stereocenters. The van der Waals surface area contributed by atoms with Crippen LogP contribution in [0.5, 0.6) is 0 Å². The second-order valence-electron chi connectivity index (χ2n) is 5.12. The van der Waals surface area contributed by atoms with Gasteiger partial charge in [0, 0.05) is 9.92 Å². The predicted molar refractivity (Wildman–Crippen MR) is 79.6 cm³/mol. The SMILES string of the molecule is NC1(c2nc(CSc3ccc(Cl)cc3)no2)CCCC1. The monoisotopic (exact) mass is 309 g/mol. The van der Waals surface area contributed by atoms with Crippen molar-refractivity contribution < 1.29 is 4.52 Å². The molecule has 1 aliphatic rings. The Labute approximate surface area is 127 Å². The highest BCUT2D eigenvalue weighted by Gasteiger charge is 2.36. The van der Waals surface area contributed by atoms with Gasteiger partial charge in [0.05, 0.1) is 11.3 Å². The second kappa shape index (κ2) is 5.76. The molecule has 106 valence electrons. The van der Waals surface area contributed by atoms with Crippen molar-refractivity contribution in [3.05, 3.63) is 41.0 Å². The van der Waals surface area contributed by atoms with Gasteiger partial charge in [-0.15, -0.1) is 11.8 Å². The van der Waals surface area contributed by atoms with Crippen molar-refractivity contribution in [1.29, 1.82) is 0 Å². The van der Waals surface area contributed by atoms with Crippen LogP contribution in [0.4, 0.5) is 0 Å². The number of hydrogen-bond donors (Lipinski definition) is 1. The highest BCUT2D eigenvalue weighted by Crippen LogP contribution is 2.35. The number of nitrogens with two attached hydrogens (primary N) is 1. The first-order valence-electron chi connectivity index (χ1n) is 6.66. The summed E-state index contributed by atoms with van der Waals surface area (Å²) in [5.41, 5.74) is 5.89. The molecule has 0 bridgehead atoms. The number of thioether (sulfide) groups is 1. The smallest absolute Gasteiger partial charge is 0.246 e. The van der Waals surface area contributed by atoms with Gasteiger partial charge in [-0.25, -0.2) is 0 Å². The third-order valence-electron chi connectivity index (χ3n) is 3.57. The minimum absolute atomic E-state index is 0.407. The van der Waals surface area contributed by atoms with Crippen LogP contribution in [0.1, 0.15) is 37.4 Å². The first kappa shape index (κ1) is 13.9. The molecule has 0 spiro atoms. The molecule has 0 radical (unpaired) electrons. The van der Waals surface area contributed by atoms with Crippen molar-refractivity contribution in [2.45, 2.75) is 41.9 Å². The number of benzene rings is 1. The van der Waals surface area contributed by atoms with Crippen molar-refractivity contribution in [2.24, 2.45) is 5.73 Å². The molecule has 2 aromatic rings. The molecule has 2 N–H and O–H groups in total. The van der Waals surface area contributed by atoms with E-state index in [1.165, 1.54) is 0 Å². The van der Waals surface area contributed by atoms with E-state index >= 15 is 0 Å². The first-order valence-corrected chi connectivity index (χ1v) is 8.02. The summed E-state index contributed by atoms with van der Waals surface area (Å²) in [5, 5.41) is 4.76. The lowest BCUT2D eigenvalue weighted by Crippen LogP contribution is -2.33. The average Bonchev–Trinajstić information content (AvgIpc) is 3.08. The molecule has 0 amide bonds. The predicted octanol–water partition coefficient (Wildman–Crippen LogP) is 3.74. The van der Waals surface area contributed by atoms with E-state index in [-0.39, 0.29) is 0 Å². The van der Waals surface area contributed by atoms with Gasteiger partial charge in [0.1, 0.15) is 0 Å².